The molecule has 1 aromatic heterocycles. The average molecular weight is 295 g/mol. The van der Waals surface area contributed by atoms with Crippen LogP contribution < -0.4 is 15.4 Å². The number of halogens is 1. The van der Waals surface area contributed by atoms with Crippen molar-refractivity contribution in [1.29, 1.82) is 0 Å². The fraction of sp³-hybridized carbons (Fsp3) is 0.429. The van der Waals surface area contributed by atoms with Gasteiger partial charge in [-0.2, -0.15) is 0 Å². The maximum absolute atomic E-state index is 5.82. The lowest BCUT2D eigenvalue weighted by Gasteiger charge is -2.14. The number of hydrogen-bond acceptors (Lipinski definition) is 5. The van der Waals surface area contributed by atoms with Gasteiger partial charge in [-0.05, 0) is 31.5 Å². The number of nitrogens with zero attached hydrogens (tertiary/aromatic N) is 2. The standard InChI is InChI=1S/C14H18N4O.ClH/c1-15-13-14(19-9-10-5-4-8-16-10)18-12-7-3-2-6-11(12)17-13;/h2-3,6-7,10,16H,4-5,8-9H2,1H3,(H,15,17);1H. The summed E-state index contributed by atoms with van der Waals surface area (Å²) in [5.74, 6) is 1.27. The van der Waals surface area contributed by atoms with Gasteiger partial charge in [-0.15, -0.1) is 12.4 Å². The van der Waals surface area contributed by atoms with Crippen LogP contribution in [0.5, 0.6) is 5.88 Å². The fourth-order valence-electron chi connectivity index (χ4n) is 2.33. The number of anilines is 1. The van der Waals surface area contributed by atoms with E-state index >= 15 is 0 Å². The summed E-state index contributed by atoms with van der Waals surface area (Å²) in [6.45, 7) is 1.72. The lowest BCUT2D eigenvalue weighted by atomic mass is 10.2. The van der Waals surface area contributed by atoms with Crippen LogP contribution in [0, 0.1) is 0 Å². The van der Waals surface area contributed by atoms with Crippen LogP contribution in [0.2, 0.25) is 0 Å². The Bertz CT molecular complexity index is 572. The first-order valence-corrected chi connectivity index (χ1v) is 6.67. The van der Waals surface area contributed by atoms with Crippen LogP contribution in [-0.4, -0.2) is 36.2 Å². The Morgan fingerprint density at radius 1 is 1.30 bits per heavy atom. The fourth-order valence-corrected chi connectivity index (χ4v) is 2.33. The summed E-state index contributed by atoms with van der Waals surface area (Å²) >= 11 is 0. The predicted octanol–water partition coefficient (Wildman–Crippen LogP) is 2.22. The molecule has 6 heteroatoms. The molecule has 0 spiro atoms. The molecule has 0 amide bonds. The molecule has 2 aromatic rings. The van der Waals surface area contributed by atoms with Crippen molar-refractivity contribution in [3.05, 3.63) is 24.3 Å². The molecule has 0 radical (unpaired) electrons. The van der Waals surface area contributed by atoms with Gasteiger partial charge < -0.3 is 15.4 Å². The third kappa shape index (κ3) is 3.11. The van der Waals surface area contributed by atoms with E-state index in [2.05, 4.69) is 20.6 Å². The van der Waals surface area contributed by atoms with Crippen LogP contribution >= 0.6 is 12.4 Å². The largest absolute Gasteiger partial charge is 0.473 e. The van der Waals surface area contributed by atoms with Gasteiger partial charge in [0.25, 0.3) is 5.88 Å². The minimum atomic E-state index is 0. The zero-order valence-electron chi connectivity index (χ0n) is 11.4. The maximum atomic E-state index is 5.82. The van der Waals surface area contributed by atoms with Crippen molar-refractivity contribution in [2.75, 3.05) is 25.5 Å². The van der Waals surface area contributed by atoms with Crippen molar-refractivity contribution in [3.8, 4) is 5.88 Å². The van der Waals surface area contributed by atoms with Crippen LogP contribution in [0.25, 0.3) is 11.0 Å². The zero-order chi connectivity index (χ0) is 13.1. The van der Waals surface area contributed by atoms with Crippen molar-refractivity contribution in [1.82, 2.24) is 15.3 Å². The van der Waals surface area contributed by atoms with Crippen molar-refractivity contribution in [2.45, 2.75) is 18.9 Å². The summed E-state index contributed by atoms with van der Waals surface area (Å²) in [4.78, 5) is 9.05. The highest BCUT2D eigenvalue weighted by atomic mass is 35.5. The Balaban J connectivity index is 0.00000147. The molecule has 1 saturated heterocycles. The highest BCUT2D eigenvalue weighted by Gasteiger charge is 2.16. The maximum Gasteiger partial charge on any atom is 0.258 e. The van der Waals surface area contributed by atoms with E-state index in [1.54, 1.807) is 0 Å². The number of para-hydroxylation sites is 2. The van der Waals surface area contributed by atoms with Gasteiger partial charge in [-0.3, -0.25) is 0 Å². The van der Waals surface area contributed by atoms with E-state index in [0.29, 0.717) is 24.3 Å². The van der Waals surface area contributed by atoms with Crippen molar-refractivity contribution >= 4 is 29.3 Å². The summed E-state index contributed by atoms with van der Waals surface area (Å²) in [5.41, 5.74) is 1.73. The van der Waals surface area contributed by atoms with Gasteiger partial charge in [0, 0.05) is 13.1 Å². The molecule has 1 aliphatic rings. The molecule has 1 unspecified atom stereocenters. The van der Waals surface area contributed by atoms with Gasteiger partial charge in [0.15, 0.2) is 5.82 Å². The number of nitrogens with one attached hydrogen (secondary N) is 2. The first-order valence-electron chi connectivity index (χ1n) is 6.67. The van der Waals surface area contributed by atoms with E-state index in [1.165, 1.54) is 6.42 Å². The molecule has 1 atom stereocenters. The Labute approximate surface area is 124 Å². The number of aromatic nitrogens is 2. The van der Waals surface area contributed by atoms with Gasteiger partial charge in [-0.25, -0.2) is 9.97 Å². The monoisotopic (exact) mass is 294 g/mol. The average Bonchev–Trinajstić information content (AvgIpc) is 2.97. The SMILES string of the molecule is CNc1nc2ccccc2nc1OCC1CCCN1.Cl. The number of ether oxygens (including phenoxy) is 1. The van der Waals surface area contributed by atoms with Gasteiger partial charge in [0.2, 0.25) is 0 Å². The van der Waals surface area contributed by atoms with Gasteiger partial charge >= 0.3 is 0 Å². The number of hydrogen-bond donors (Lipinski definition) is 2. The lowest BCUT2D eigenvalue weighted by molar-refractivity contribution is 0.269. The molecule has 5 nitrogen and oxygen atoms in total. The summed E-state index contributed by atoms with van der Waals surface area (Å²) in [5, 5.41) is 6.45. The van der Waals surface area contributed by atoms with E-state index in [4.69, 9.17) is 4.74 Å². The zero-order valence-corrected chi connectivity index (χ0v) is 12.2. The lowest BCUT2D eigenvalue weighted by Crippen LogP contribution is -2.28. The molecule has 2 N–H and O–H groups in total. The van der Waals surface area contributed by atoms with Crippen LogP contribution in [0.15, 0.2) is 24.3 Å². The molecule has 3 rings (SSSR count). The molecular weight excluding hydrogens is 276 g/mol. The van der Waals surface area contributed by atoms with Crippen LogP contribution in [0.4, 0.5) is 5.82 Å². The third-order valence-electron chi connectivity index (χ3n) is 3.36. The highest BCUT2D eigenvalue weighted by molar-refractivity contribution is 5.85. The van der Waals surface area contributed by atoms with Gasteiger partial charge in [-0.1, -0.05) is 12.1 Å². The second-order valence-electron chi connectivity index (χ2n) is 4.72. The molecule has 0 aliphatic carbocycles. The van der Waals surface area contributed by atoms with Gasteiger partial charge in [0.1, 0.15) is 6.61 Å². The summed E-state index contributed by atoms with van der Waals surface area (Å²) < 4.78 is 5.82. The van der Waals surface area contributed by atoms with Gasteiger partial charge in [0.05, 0.1) is 11.0 Å². The molecule has 20 heavy (non-hydrogen) atoms. The predicted molar refractivity (Wildman–Crippen MR) is 82.9 cm³/mol. The summed E-state index contributed by atoms with van der Waals surface area (Å²) in [7, 11) is 1.83. The second kappa shape index (κ2) is 6.72. The van der Waals surface area contributed by atoms with Crippen LogP contribution in [0.1, 0.15) is 12.8 Å². The first-order chi connectivity index (χ1) is 9.36. The molecule has 1 aliphatic heterocycles. The third-order valence-corrected chi connectivity index (χ3v) is 3.36. The minimum Gasteiger partial charge on any atom is -0.473 e. The Kier molecular flexibility index (Phi) is 4.98. The normalized spacial score (nSPS) is 17.8. The number of fused-ring (bicyclic) bond motifs is 1. The molecule has 2 heterocycles. The Morgan fingerprint density at radius 3 is 2.70 bits per heavy atom. The van der Waals surface area contributed by atoms with Crippen molar-refractivity contribution in [2.24, 2.45) is 0 Å². The quantitative estimate of drug-likeness (QED) is 0.905. The Hall–Kier alpha value is -1.59. The smallest absolute Gasteiger partial charge is 0.258 e. The molecular formula is C14H19ClN4O. The van der Waals surface area contributed by atoms with Crippen molar-refractivity contribution < 1.29 is 4.74 Å². The van der Waals surface area contributed by atoms with Crippen LogP contribution in [-0.2, 0) is 0 Å². The summed E-state index contributed by atoms with van der Waals surface area (Å²) in [6, 6.07) is 8.24. The first kappa shape index (κ1) is 14.8. The molecule has 0 saturated carbocycles. The highest BCUT2D eigenvalue weighted by Crippen LogP contribution is 2.23. The Morgan fingerprint density at radius 2 is 2.05 bits per heavy atom. The number of benzene rings is 1. The second-order valence-corrected chi connectivity index (χ2v) is 4.72. The molecule has 1 fully saturated rings. The van der Waals surface area contributed by atoms with E-state index in [1.807, 2.05) is 31.3 Å². The van der Waals surface area contributed by atoms with Crippen LogP contribution in [0.3, 0.4) is 0 Å². The summed E-state index contributed by atoms with van der Waals surface area (Å²) in [6.07, 6.45) is 2.38. The molecule has 1 aromatic carbocycles. The molecule has 0 bridgehead atoms. The van der Waals surface area contributed by atoms with E-state index in [0.717, 1.165) is 24.0 Å². The van der Waals surface area contributed by atoms with Crippen molar-refractivity contribution in [3.63, 3.8) is 0 Å². The number of rotatable bonds is 4. The van der Waals surface area contributed by atoms with E-state index in [9.17, 15) is 0 Å². The van der Waals surface area contributed by atoms with E-state index < -0.39 is 0 Å². The van der Waals surface area contributed by atoms with E-state index in [-0.39, 0.29) is 12.4 Å². The molecule has 108 valence electrons. The minimum absolute atomic E-state index is 0. The topological polar surface area (TPSA) is 59.1 Å².